The predicted molar refractivity (Wildman–Crippen MR) is 56.2 cm³/mol. The molecule has 0 saturated heterocycles. The quantitative estimate of drug-likeness (QED) is 0.816. The number of hydrogen-bond donors (Lipinski definition) is 1. The van der Waals surface area contributed by atoms with Crippen molar-refractivity contribution in [1.82, 2.24) is 0 Å². The van der Waals surface area contributed by atoms with E-state index in [1.165, 1.54) is 0 Å². The number of aliphatic hydroxyl groups is 1. The highest BCUT2D eigenvalue weighted by atomic mass is 19.4. The molecule has 1 aliphatic heterocycles. The van der Waals surface area contributed by atoms with Crippen LogP contribution in [0.3, 0.4) is 0 Å². The Morgan fingerprint density at radius 1 is 1.29 bits per heavy atom. The Morgan fingerprint density at radius 3 is 2.59 bits per heavy atom. The van der Waals surface area contributed by atoms with Gasteiger partial charge in [-0.05, 0) is 18.9 Å². The maximum atomic E-state index is 12.9. The normalized spacial score (nSPS) is 31.9. The summed E-state index contributed by atoms with van der Waals surface area (Å²) in [7, 11) is 0. The molecule has 2 aliphatic rings. The molecule has 17 heavy (non-hydrogen) atoms. The fraction of sp³-hybridized carbons (Fsp3) is 0.833. The van der Waals surface area contributed by atoms with Gasteiger partial charge in [-0.1, -0.05) is 12.8 Å². The Hall–Kier alpha value is -0.710. The lowest BCUT2D eigenvalue weighted by molar-refractivity contribution is -0.206. The second kappa shape index (κ2) is 4.88. The van der Waals surface area contributed by atoms with Gasteiger partial charge in [-0.2, -0.15) is 13.2 Å². The Morgan fingerprint density at radius 2 is 2.00 bits per heavy atom. The van der Waals surface area contributed by atoms with Gasteiger partial charge in [-0.3, -0.25) is 0 Å². The molecule has 98 valence electrons. The summed E-state index contributed by atoms with van der Waals surface area (Å²) in [6, 6.07) is 0. The van der Waals surface area contributed by atoms with Crippen LogP contribution in [0.5, 0.6) is 0 Å². The molecule has 1 aliphatic carbocycles. The van der Waals surface area contributed by atoms with E-state index in [4.69, 9.17) is 4.74 Å². The SMILES string of the molecule is OC(C1=CCCO1)C1CCCCC1C(F)(F)F. The van der Waals surface area contributed by atoms with Crippen LogP contribution in [0.15, 0.2) is 11.8 Å². The Balaban J connectivity index is 2.10. The van der Waals surface area contributed by atoms with Gasteiger partial charge in [0.05, 0.1) is 12.5 Å². The van der Waals surface area contributed by atoms with Crippen molar-refractivity contribution >= 4 is 0 Å². The standard InChI is InChI=1S/C12H17F3O2/c13-12(14,15)9-5-2-1-4-8(9)11(16)10-6-3-7-17-10/h6,8-9,11,16H,1-5,7H2. The lowest BCUT2D eigenvalue weighted by atomic mass is 9.75. The molecule has 5 heteroatoms. The minimum absolute atomic E-state index is 0.124. The van der Waals surface area contributed by atoms with Gasteiger partial charge in [0.15, 0.2) is 0 Å². The summed E-state index contributed by atoms with van der Waals surface area (Å²) in [5.74, 6) is -1.80. The van der Waals surface area contributed by atoms with E-state index in [1.54, 1.807) is 6.08 Å². The van der Waals surface area contributed by atoms with Crippen molar-refractivity contribution in [3.05, 3.63) is 11.8 Å². The number of ether oxygens (including phenoxy) is 1. The van der Waals surface area contributed by atoms with E-state index in [0.29, 0.717) is 31.6 Å². The highest BCUT2D eigenvalue weighted by Gasteiger charge is 2.48. The highest BCUT2D eigenvalue weighted by Crippen LogP contribution is 2.44. The third-order valence-electron chi connectivity index (χ3n) is 3.67. The summed E-state index contributed by atoms with van der Waals surface area (Å²) >= 11 is 0. The molecule has 1 N–H and O–H groups in total. The largest absolute Gasteiger partial charge is 0.495 e. The summed E-state index contributed by atoms with van der Waals surface area (Å²) in [5, 5.41) is 10.0. The van der Waals surface area contributed by atoms with Gasteiger partial charge in [-0.25, -0.2) is 0 Å². The molecule has 0 bridgehead atoms. The van der Waals surface area contributed by atoms with Crippen LogP contribution in [0.25, 0.3) is 0 Å². The van der Waals surface area contributed by atoms with E-state index in [1.807, 2.05) is 0 Å². The molecule has 1 fully saturated rings. The molecule has 0 aromatic heterocycles. The van der Waals surface area contributed by atoms with Crippen LogP contribution >= 0.6 is 0 Å². The summed E-state index contributed by atoms with van der Waals surface area (Å²) < 4.78 is 43.8. The minimum atomic E-state index is -4.22. The fourth-order valence-corrected chi connectivity index (χ4v) is 2.80. The van der Waals surface area contributed by atoms with Gasteiger partial charge in [-0.15, -0.1) is 0 Å². The number of halogens is 3. The number of alkyl halides is 3. The molecular formula is C12H17F3O2. The van der Waals surface area contributed by atoms with Crippen LogP contribution in [0.1, 0.15) is 32.1 Å². The van der Waals surface area contributed by atoms with Crippen LogP contribution < -0.4 is 0 Å². The molecule has 0 aromatic carbocycles. The van der Waals surface area contributed by atoms with E-state index in [-0.39, 0.29) is 6.42 Å². The third-order valence-corrected chi connectivity index (χ3v) is 3.67. The lowest BCUT2D eigenvalue weighted by Gasteiger charge is -2.35. The second-order valence-corrected chi connectivity index (χ2v) is 4.78. The average Bonchev–Trinajstić information content (AvgIpc) is 2.80. The Kier molecular flexibility index (Phi) is 3.66. The van der Waals surface area contributed by atoms with Crippen molar-refractivity contribution in [2.75, 3.05) is 6.61 Å². The molecule has 0 aromatic rings. The zero-order chi connectivity index (χ0) is 12.5. The smallest absolute Gasteiger partial charge is 0.392 e. The molecule has 1 saturated carbocycles. The van der Waals surface area contributed by atoms with Crippen LogP contribution in [0.4, 0.5) is 13.2 Å². The monoisotopic (exact) mass is 250 g/mol. The van der Waals surface area contributed by atoms with E-state index in [9.17, 15) is 18.3 Å². The molecule has 0 radical (unpaired) electrons. The van der Waals surface area contributed by atoms with Gasteiger partial charge >= 0.3 is 6.18 Å². The summed E-state index contributed by atoms with van der Waals surface area (Å²) in [6.07, 6.45) is -1.04. The van der Waals surface area contributed by atoms with Crippen LogP contribution in [-0.4, -0.2) is 24.0 Å². The van der Waals surface area contributed by atoms with Crippen molar-refractivity contribution in [2.24, 2.45) is 11.8 Å². The van der Waals surface area contributed by atoms with E-state index < -0.39 is 24.1 Å². The van der Waals surface area contributed by atoms with Crippen molar-refractivity contribution < 1.29 is 23.0 Å². The summed E-state index contributed by atoms with van der Waals surface area (Å²) in [6.45, 7) is 0.468. The Bertz CT molecular complexity index is 299. The average molecular weight is 250 g/mol. The van der Waals surface area contributed by atoms with Gasteiger partial charge in [0.2, 0.25) is 0 Å². The van der Waals surface area contributed by atoms with E-state index >= 15 is 0 Å². The zero-order valence-corrected chi connectivity index (χ0v) is 9.54. The second-order valence-electron chi connectivity index (χ2n) is 4.78. The van der Waals surface area contributed by atoms with Gasteiger partial charge in [0.1, 0.15) is 11.9 Å². The van der Waals surface area contributed by atoms with Gasteiger partial charge < -0.3 is 9.84 Å². The molecule has 3 unspecified atom stereocenters. The van der Waals surface area contributed by atoms with Crippen LogP contribution in [0.2, 0.25) is 0 Å². The summed E-state index contributed by atoms with van der Waals surface area (Å²) in [4.78, 5) is 0. The number of hydrogen-bond acceptors (Lipinski definition) is 2. The lowest BCUT2D eigenvalue weighted by Crippen LogP contribution is -2.40. The number of rotatable bonds is 2. The maximum absolute atomic E-state index is 12.9. The highest BCUT2D eigenvalue weighted by molar-refractivity contribution is 5.07. The maximum Gasteiger partial charge on any atom is 0.392 e. The van der Waals surface area contributed by atoms with Crippen molar-refractivity contribution in [3.63, 3.8) is 0 Å². The molecule has 2 rings (SSSR count). The first-order chi connectivity index (χ1) is 8.00. The van der Waals surface area contributed by atoms with Crippen molar-refractivity contribution in [2.45, 2.75) is 44.4 Å². The first-order valence-corrected chi connectivity index (χ1v) is 6.08. The zero-order valence-electron chi connectivity index (χ0n) is 9.54. The van der Waals surface area contributed by atoms with Crippen LogP contribution in [-0.2, 0) is 4.74 Å². The predicted octanol–water partition coefficient (Wildman–Crippen LogP) is 3.02. The molecular weight excluding hydrogens is 233 g/mol. The number of aliphatic hydroxyl groups excluding tert-OH is 1. The topological polar surface area (TPSA) is 29.5 Å². The van der Waals surface area contributed by atoms with Crippen molar-refractivity contribution in [3.8, 4) is 0 Å². The molecule has 3 atom stereocenters. The minimum Gasteiger partial charge on any atom is -0.495 e. The van der Waals surface area contributed by atoms with Crippen molar-refractivity contribution in [1.29, 1.82) is 0 Å². The third kappa shape index (κ3) is 2.76. The fourth-order valence-electron chi connectivity index (χ4n) is 2.80. The Labute approximate surface area is 98.5 Å². The molecule has 0 amide bonds. The first-order valence-electron chi connectivity index (χ1n) is 6.08. The van der Waals surface area contributed by atoms with Gasteiger partial charge in [0, 0.05) is 12.3 Å². The van der Waals surface area contributed by atoms with Crippen LogP contribution in [0, 0.1) is 11.8 Å². The first kappa shape index (κ1) is 12.7. The summed E-state index contributed by atoms with van der Waals surface area (Å²) in [5.41, 5.74) is 0. The molecule has 2 nitrogen and oxygen atoms in total. The molecule has 0 spiro atoms. The van der Waals surface area contributed by atoms with E-state index in [0.717, 1.165) is 6.42 Å². The van der Waals surface area contributed by atoms with Gasteiger partial charge in [0.25, 0.3) is 0 Å². The molecule has 1 heterocycles. The van der Waals surface area contributed by atoms with E-state index in [2.05, 4.69) is 0 Å².